The zero-order valence-corrected chi connectivity index (χ0v) is 17.0. The van der Waals surface area contributed by atoms with Gasteiger partial charge in [-0.1, -0.05) is 6.42 Å². The topological polar surface area (TPSA) is 98.7 Å². The Bertz CT molecular complexity index is 704. The maximum atomic E-state index is 12.6. The third kappa shape index (κ3) is 5.17. The smallest absolute Gasteiger partial charge is 0.252 e. The average molecular weight is 424 g/mol. The van der Waals surface area contributed by atoms with Gasteiger partial charge in [0.05, 0.1) is 12.5 Å². The van der Waals surface area contributed by atoms with Gasteiger partial charge >= 0.3 is 0 Å². The van der Waals surface area contributed by atoms with Crippen LogP contribution < -0.4 is 10.6 Å². The molecular formula is C16H26ClN3O4S2. The van der Waals surface area contributed by atoms with Crippen molar-refractivity contribution in [3.63, 3.8) is 0 Å². The SMILES string of the molecule is Cl.O=C(Cc1ccc(S(=O)(=O)N2CCCCC2)s1)NCC1CNCC1O. The minimum atomic E-state index is -3.43. The van der Waals surface area contributed by atoms with E-state index < -0.39 is 16.1 Å². The zero-order valence-electron chi connectivity index (χ0n) is 14.5. The first-order valence-electron chi connectivity index (χ1n) is 8.71. The van der Waals surface area contributed by atoms with E-state index in [-0.39, 0.29) is 30.7 Å². The summed E-state index contributed by atoms with van der Waals surface area (Å²) in [5.74, 6) is -0.120. The number of thiophene rings is 1. The molecule has 0 bridgehead atoms. The van der Waals surface area contributed by atoms with E-state index in [1.165, 1.54) is 11.3 Å². The number of nitrogens with one attached hydrogen (secondary N) is 2. The van der Waals surface area contributed by atoms with Gasteiger partial charge in [-0.2, -0.15) is 4.31 Å². The van der Waals surface area contributed by atoms with E-state index in [1.807, 2.05) is 0 Å². The van der Waals surface area contributed by atoms with Crippen molar-refractivity contribution in [3.05, 3.63) is 17.0 Å². The predicted molar refractivity (Wildman–Crippen MR) is 103 cm³/mol. The quantitative estimate of drug-likeness (QED) is 0.621. The molecule has 1 aromatic heterocycles. The number of nitrogens with zero attached hydrogens (tertiary/aromatic N) is 1. The van der Waals surface area contributed by atoms with Gasteiger partial charge in [-0.15, -0.1) is 23.7 Å². The van der Waals surface area contributed by atoms with Gasteiger partial charge < -0.3 is 15.7 Å². The Kier molecular flexibility index (Phi) is 7.87. The normalized spacial score (nSPS) is 24.2. The first kappa shape index (κ1) is 21.6. The fraction of sp³-hybridized carbons (Fsp3) is 0.688. The standard InChI is InChI=1S/C16H25N3O4S2.ClH/c20-14-11-17-9-12(14)10-18-15(21)8-13-4-5-16(24-13)25(22,23)19-6-2-1-3-7-19;/h4-5,12,14,17,20H,1-3,6-11H2,(H,18,21);1H. The summed E-state index contributed by atoms with van der Waals surface area (Å²) >= 11 is 1.17. The van der Waals surface area contributed by atoms with Crippen molar-refractivity contribution in [2.24, 2.45) is 5.92 Å². The molecule has 7 nitrogen and oxygen atoms in total. The van der Waals surface area contributed by atoms with Crippen LogP contribution in [0.2, 0.25) is 0 Å². The highest BCUT2D eigenvalue weighted by atomic mass is 35.5. The summed E-state index contributed by atoms with van der Waals surface area (Å²) in [6.07, 6.45) is 2.62. The summed E-state index contributed by atoms with van der Waals surface area (Å²) in [5, 5.41) is 15.6. The minimum absolute atomic E-state index is 0. The van der Waals surface area contributed by atoms with Crippen molar-refractivity contribution in [2.75, 3.05) is 32.7 Å². The van der Waals surface area contributed by atoms with Crippen LogP contribution >= 0.6 is 23.7 Å². The van der Waals surface area contributed by atoms with Crippen LogP contribution in [0.3, 0.4) is 0 Å². The number of aliphatic hydroxyl groups is 1. The van der Waals surface area contributed by atoms with Gasteiger partial charge in [0.15, 0.2) is 0 Å². The Morgan fingerprint density at radius 3 is 2.65 bits per heavy atom. The van der Waals surface area contributed by atoms with Crippen molar-refractivity contribution < 1.29 is 18.3 Å². The molecule has 1 aromatic rings. The molecule has 3 N–H and O–H groups in total. The van der Waals surface area contributed by atoms with Crippen LogP contribution in [0.25, 0.3) is 0 Å². The molecule has 148 valence electrons. The molecule has 26 heavy (non-hydrogen) atoms. The zero-order chi connectivity index (χ0) is 17.9. The van der Waals surface area contributed by atoms with Gasteiger partial charge in [-0.3, -0.25) is 4.79 Å². The predicted octanol–water partition coefficient (Wildman–Crippen LogP) is 0.584. The average Bonchev–Trinajstić information content (AvgIpc) is 3.23. The molecule has 0 spiro atoms. The Balaban J connectivity index is 0.00000243. The van der Waals surface area contributed by atoms with E-state index >= 15 is 0 Å². The molecule has 0 radical (unpaired) electrons. The van der Waals surface area contributed by atoms with Gasteiger partial charge in [0.1, 0.15) is 4.21 Å². The number of β-amino-alcohol motifs (C(OH)–C–C–N with tert-alkyl or cyclic N) is 1. The fourth-order valence-corrected chi connectivity index (χ4v) is 6.24. The second kappa shape index (κ2) is 9.48. The van der Waals surface area contributed by atoms with Crippen LogP contribution in [-0.2, 0) is 21.2 Å². The van der Waals surface area contributed by atoms with Crippen LogP contribution in [0.1, 0.15) is 24.1 Å². The summed E-state index contributed by atoms with van der Waals surface area (Å²) in [7, 11) is -3.43. The Morgan fingerprint density at radius 1 is 1.27 bits per heavy atom. The number of sulfonamides is 1. The number of hydrogen-bond acceptors (Lipinski definition) is 6. The lowest BCUT2D eigenvalue weighted by Gasteiger charge is -2.25. The number of amides is 1. The highest BCUT2D eigenvalue weighted by molar-refractivity contribution is 7.91. The maximum Gasteiger partial charge on any atom is 0.252 e. The van der Waals surface area contributed by atoms with Crippen LogP contribution in [0, 0.1) is 5.92 Å². The van der Waals surface area contributed by atoms with Gasteiger partial charge in [0.2, 0.25) is 5.91 Å². The molecule has 2 aliphatic rings. The molecule has 2 aliphatic heterocycles. The molecule has 2 unspecified atom stereocenters. The van der Waals surface area contributed by atoms with Gasteiger partial charge in [-0.05, 0) is 25.0 Å². The third-order valence-electron chi connectivity index (χ3n) is 4.75. The van der Waals surface area contributed by atoms with Crippen LogP contribution in [0.5, 0.6) is 0 Å². The lowest BCUT2D eigenvalue weighted by molar-refractivity contribution is -0.120. The van der Waals surface area contributed by atoms with Crippen molar-refractivity contribution >= 4 is 39.7 Å². The van der Waals surface area contributed by atoms with Crippen molar-refractivity contribution in [1.82, 2.24) is 14.9 Å². The number of halogens is 1. The van der Waals surface area contributed by atoms with E-state index in [9.17, 15) is 18.3 Å². The third-order valence-corrected chi connectivity index (χ3v) is 8.20. The van der Waals surface area contributed by atoms with Crippen LogP contribution in [0.15, 0.2) is 16.3 Å². The molecule has 0 aromatic carbocycles. The number of carbonyl (C=O) groups is 1. The molecule has 2 fully saturated rings. The minimum Gasteiger partial charge on any atom is -0.391 e. The Hall–Kier alpha value is -0.710. The van der Waals surface area contributed by atoms with Crippen LogP contribution in [0.4, 0.5) is 0 Å². The number of rotatable bonds is 6. The lowest BCUT2D eigenvalue weighted by atomic mass is 10.1. The molecule has 0 saturated carbocycles. The molecular weight excluding hydrogens is 398 g/mol. The number of hydrogen-bond donors (Lipinski definition) is 3. The fourth-order valence-electron chi connectivity index (χ4n) is 3.22. The van der Waals surface area contributed by atoms with E-state index in [0.717, 1.165) is 24.1 Å². The Labute approximate surface area is 164 Å². The van der Waals surface area contributed by atoms with Gasteiger partial charge in [0.25, 0.3) is 10.0 Å². The van der Waals surface area contributed by atoms with Crippen molar-refractivity contribution in [2.45, 2.75) is 36.0 Å². The first-order valence-corrected chi connectivity index (χ1v) is 11.0. The van der Waals surface area contributed by atoms with Crippen LogP contribution in [-0.4, -0.2) is 62.6 Å². The summed E-state index contributed by atoms with van der Waals surface area (Å²) < 4.78 is 27.1. The molecule has 3 heterocycles. The van der Waals surface area contributed by atoms with Crippen molar-refractivity contribution in [1.29, 1.82) is 0 Å². The number of carbonyl (C=O) groups excluding carboxylic acids is 1. The number of aliphatic hydroxyl groups excluding tert-OH is 1. The van der Waals surface area contributed by atoms with E-state index in [1.54, 1.807) is 16.4 Å². The second-order valence-electron chi connectivity index (χ2n) is 6.65. The second-order valence-corrected chi connectivity index (χ2v) is 9.99. The van der Waals surface area contributed by atoms with Gasteiger partial charge in [0, 0.05) is 43.5 Å². The monoisotopic (exact) mass is 423 g/mol. The maximum absolute atomic E-state index is 12.6. The molecule has 0 aliphatic carbocycles. The van der Waals surface area contributed by atoms with E-state index in [2.05, 4.69) is 10.6 Å². The summed E-state index contributed by atoms with van der Waals surface area (Å²) in [6.45, 7) is 2.83. The molecule has 2 atom stereocenters. The summed E-state index contributed by atoms with van der Waals surface area (Å²) in [4.78, 5) is 12.8. The molecule has 1 amide bonds. The number of piperidine rings is 1. The molecule has 3 rings (SSSR count). The Morgan fingerprint density at radius 2 is 2.00 bits per heavy atom. The molecule has 10 heteroatoms. The van der Waals surface area contributed by atoms with Crippen molar-refractivity contribution in [3.8, 4) is 0 Å². The highest BCUT2D eigenvalue weighted by Crippen LogP contribution is 2.27. The first-order chi connectivity index (χ1) is 12.0. The summed E-state index contributed by atoms with van der Waals surface area (Å²) in [6, 6.07) is 3.31. The lowest BCUT2D eigenvalue weighted by Crippen LogP contribution is -2.35. The van der Waals surface area contributed by atoms with Gasteiger partial charge in [-0.25, -0.2) is 8.42 Å². The highest BCUT2D eigenvalue weighted by Gasteiger charge is 2.28. The summed E-state index contributed by atoms with van der Waals surface area (Å²) in [5.41, 5.74) is 0. The van der Waals surface area contributed by atoms with E-state index in [0.29, 0.717) is 36.9 Å². The largest absolute Gasteiger partial charge is 0.391 e. The van der Waals surface area contributed by atoms with E-state index in [4.69, 9.17) is 0 Å². The molecule has 2 saturated heterocycles.